The highest BCUT2D eigenvalue weighted by Crippen LogP contribution is 2.25. The van der Waals surface area contributed by atoms with E-state index in [9.17, 15) is 0 Å². The normalized spacial score (nSPS) is 12.4. The van der Waals surface area contributed by atoms with E-state index in [0.29, 0.717) is 5.02 Å². The second-order valence-electron chi connectivity index (χ2n) is 4.02. The maximum absolute atomic E-state index is 6.19. The van der Waals surface area contributed by atoms with E-state index < -0.39 is 0 Å². The number of benzene rings is 1. The van der Waals surface area contributed by atoms with Crippen molar-refractivity contribution in [1.29, 1.82) is 0 Å². The molecular formula is C13H11Br2ClN2. The van der Waals surface area contributed by atoms with Crippen LogP contribution in [0, 0.1) is 0 Å². The van der Waals surface area contributed by atoms with Gasteiger partial charge in [-0.1, -0.05) is 27.5 Å². The predicted molar refractivity (Wildman–Crippen MR) is 81.7 cm³/mol. The highest BCUT2D eigenvalue weighted by atomic mass is 79.9. The first-order chi connectivity index (χ1) is 8.54. The van der Waals surface area contributed by atoms with E-state index in [-0.39, 0.29) is 6.04 Å². The fourth-order valence-corrected chi connectivity index (χ4v) is 3.03. The van der Waals surface area contributed by atoms with Gasteiger partial charge in [-0.2, -0.15) is 0 Å². The molecule has 1 aromatic heterocycles. The number of rotatable bonds is 3. The molecule has 1 aromatic carbocycles. The molecule has 94 valence electrons. The van der Waals surface area contributed by atoms with Gasteiger partial charge in [0.05, 0.1) is 0 Å². The van der Waals surface area contributed by atoms with Gasteiger partial charge in [-0.3, -0.25) is 4.98 Å². The zero-order chi connectivity index (χ0) is 13.1. The van der Waals surface area contributed by atoms with Crippen molar-refractivity contribution in [2.24, 2.45) is 5.73 Å². The molecule has 1 heterocycles. The number of aromatic nitrogens is 1. The van der Waals surface area contributed by atoms with E-state index in [1.165, 1.54) is 0 Å². The first-order valence-electron chi connectivity index (χ1n) is 5.35. The SMILES string of the molecule is NC(Cc1cncc(Br)c1)c1cc(Cl)cc(Br)c1. The molecule has 2 nitrogen and oxygen atoms in total. The van der Waals surface area contributed by atoms with Gasteiger partial charge in [0.2, 0.25) is 0 Å². The van der Waals surface area contributed by atoms with Gasteiger partial charge in [0, 0.05) is 32.4 Å². The van der Waals surface area contributed by atoms with Gasteiger partial charge < -0.3 is 5.73 Å². The highest BCUT2D eigenvalue weighted by molar-refractivity contribution is 9.10. The Hall–Kier alpha value is -0.420. The van der Waals surface area contributed by atoms with Crippen molar-refractivity contribution in [3.05, 3.63) is 61.8 Å². The third kappa shape index (κ3) is 3.79. The van der Waals surface area contributed by atoms with Gasteiger partial charge in [0.15, 0.2) is 0 Å². The molecule has 18 heavy (non-hydrogen) atoms. The van der Waals surface area contributed by atoms with Crippen LogP contribution in [0.15, 0.2) is 45.6 Å². The van der Waals surface area contributed by atoms with Crippen molar-refractivity contribution in [3.8, 4) is 0 Å². The lowest BCUT2D eigenvalue weighted by Crippen LogP contribution is -2.13. The van der Waals surface area contributed by atoms with Gasteiger partial charge in [-0.05, 0) is 57.7 Å². The molecular weight excluding hydrogens is 379 g/mol. The fourth-order valence-electron chi connectivity index (χ4n) is 1.73. The van der Waals surface area contributed by atoms with Crippen LogP contribution in [0.4, 0.5) is 0 Å². The minimum Gasteiger partial charge on any atom is -0.324 e. The summed E-state index contributed by atoms with van der Waals surface area (Å²) in [5, 5.41) is 0.683. The lowest BCUT2D eigenvalue weighted by Gasteiger charge is -2.13. The van der Waals surface area contributed by atoms with Crippen molar-refractivity contribution >= 4 is 43.5 Å². The third-order valence-corrected chi connectivity index (χ3v) is 3.64. The van der Waals surface area contributed by atoms with E-state index >= 15 is 0 Å². The van der Waals surface area contributed by atoms with E-state index in [1.807, 2.05) is 30.5 Å². The summed E-state index contributed by atoms with van der Waals surface area (Å²) in [6.07, 6.45) is 4.30. The quantitative estimate of drug-likeness (QED) is 0.838. The maximum Gasteiger partial charge on any atom is 0.0420 e. The van der Waals surface area contributed by atoms with E-state index in [2.05, 4.69) is 36.8 Å². The van der Waals surface area contributed by atoms with Gasteiger partial charge in [0.1, 0.15) is 0 Å². The van der Waals surface area contributed by atoms with Crippen LogP contribution >= 0.6 is 43.5 Å². The standard InChI is InChI=1S/C13H11Br2ClN2/c14-10-3-9(4-12(16)5-10)13(17)2-8-1-11(15)7-18-6-8/h1,3-7,13H,2,17H2. The monoisotopic (exact) mass is 388 g/mol. The number of nitrogens with zero attached hydrogens (tertiary/aromatic N) is 1. The average Bonchev–Trinajstić information content (AvgIpc) is 2.27. The summed E-state index contributed by atoms with van der Waals surface area (Å²) in [7, 11) is 0. The topological polar surface area (TPSA) is 38.9 Å². The number of nitrogens with two attached hydrogens (primary N) is 1. The number of hydrogen-bond donors (Lipinski definition) is 1. The highest BCUT2D eigenvalue weighted by Gasteiger charge is 2.09. The number of halogens is 3. The number of pyridine rings is 1. The minimum atomic E-state index is -0.101. The van der Waals surface area contributed by atoms with Crippen molar-refractivity contribution in [2.45, 2.75) is 12.5 Å². The van der Waals surface area contributed by atoms with Crippen LogP contribution in [0.3, 0.4) is 0 Å². The van der Waals surface area contributed by atoms with Crippen LogP contribution in [0.25, 0.3) is 0 Å². The van der Waals surface area contributed by atoms with E-state index in [1.54, 1.807) is 6.20 Å². The van der Waals surface area contributed by atoms with Crippen LogP contribution in [-0.4, -0.2) is 4.98 Å². The summed E-state index contributed by atoms with van der Waals surface area (Å²) in [5.74, 6) is 0. The van der Waals surface area contributed by atoms with Crippen LogP contribution in [-0.2, 0) is 6.42 Å². The van der Waals surface area contributed by atoms with Crippen molar-refractivity contribution in [2.75, 3.05) is 0 Å². The van der Waals surface area contributed by atoms with Gasteiger partial charge in [-0.25, -0.2) is 0 Å². The Morgan fingerprint density at radius 2 is 1.89 bits per heavy atom. The summed E-state index contributed by atoms with van der Waals surface area (Å²) in [4.78, 5) is 4.13. The Kier molecular flexibility index (Phi) is 4.78. The predicted octanol–water partition coefficient (Wildman–Crippen LogP) is 4.50. The molecule has 1 unspecified atom stereocenters. The molecule has 0 saturated heterocycles. The fraction of sp³-hybridized carbons (Fsp3) is 0.154. The molecule has 0 aliphatic carbocycles. The molecule has 1 atom stereocenters. The Bertz CT molecular complexity index is 540. The average molecular weight is 391 g/mol. The van der Waals surface area contributed by atoms with Crippen molar-refractivity contribution < 1.29 is 0 Å². The van der Waals surface area contributed by atoms with Gasteiger partial charge >= 0.3 is 0 Å². The lowest BCUT2D eigenvalue weighted by atomic mass is 10.0. The van der Waals surface area contributed by atoms with E-state index in [0.717, 1.165) is 26.5 Å². The molecule has 0 bridgehead atoms. The second-order valence-corrected chi connectivity index (χ2v) is 6.29. The number of hydrogen-bond acceptors (Lipinski definition) is 2. The molecule has 0 spiro atoms. The molecule has 0 saturated carbocycles. The molecule has 0 aliphatic rings. The summed E-state index contributed by atoms with van der Waals surface area (Å²) in [6, 6.07) is 7.64. The minimum absolute atomic E-state index is 0.101. The Labute approximate surface area is 128 Å². The second kappa shape index (κ2) is 6.15. The Morgan fingerprint density at radius 3 is 2.56 bits per heavy atom. The molecule has 2 rings (SSSR count). The molecule has 5 heteroatoms. The first-order valence-corrected chi connectivity index (χ1v) is 7.32. The maximum atomic E-state index is 6.19. The van der Waals surface area contributed by atoms with Crippen LogP contribution in [0.1, 0.15) is 17.2 Å². The summed E-state index contributed by atoms with van der Waals surface area (Å²) in [5.41, 5.74) is 8.29. The Morgan fingerprint density at radius 1 is 1.11 bits per heavy atom. The summed E-state index contributed by atoms with van der Waals surface area (Å²) >= 11 is 12.8. The van der Waals surface area contributed by atoms with Crippen LogP contribution < -0.4 is 5.73 Å². The largest absolute Gasteiger partial charge is 0.324 e. The molecule has 2 aromatic rings. The zero-order valence-corrected chi connectivity index (χ0v) is 13.3. The lowest BCUT2D eigenvalue weighted by molar-refractivity contribution is 0.719. The first kappa shape index (κ1) is 14.0. The molecule has 0 amide bonds. The van der Waals surface area contributed by atoms with E-state index in [4.69, 9.17) is 17.3 Å². The molecule has 0 aliphatic heterocycles. The van der Waals surface area contributed by atoms with Crippen molar-refractivity contribution in [1.82, 2.24) is 4.98 Å². The Balaban J connectivity index is 2.19. The smallest absolute Gasteiger partial charge is 0.0420 e. The molecule has 0 fully saturated rings. The third-order valence-electron chi connectivity index (χ3n) is 2.53. The van der Waals surface area contributed by atoms with Gasteiger partial charge in [0.25, 0.3) is 0 Å². The summed E-state index contributed by atoms with van der Waals surface area (Å²) in [6.45, 7) is 0. The molecule has 2 N–H and O–H groups in total. The van der Waals surface area contributed by atoms with Crippen molar-refractivity contribution in [3.63, 3.8) is 0 Å². The molecule has 0 radical (unpaired) electrons. The van der Waals surface area contributed by atoms with Crippen LogP contribution in [0.5, 0.6) is 0 Å². The summed E-state index contributed by atoms with van der Waals surface area (Å²) < 4.78 is 1.90. The van der Waals surface area contributed by atoms with Crippen LogP contribution in [0.2, 0.25) is 5.02 Å². The van der Waals surface area contributed by atoms with Gasteiger partial charge in [-0.15, -0.1) is 0 Å². The zero-order valence-electron chi connectivity index (χ0n) is 9.41.